The first kappa shape index (κ1) is 16.6. The van der Waals surface area contributed by atoms with Gasteiger partial charge in [-0.25, -0.2) is 4.98 Å². The number of aromatic nitrogens is 1. The predicted octanol–water partition coefficient (Wildman–Crippen LogP) is 4.82. The first-order valence-electron chi connectivity index (χ1n) is 7.64. The molecule has 0 spiro atoms. The van der Waals surface area contributed by atoms with Crippen molar-refractivity contribution in [2.75, 3.05) is 0 Å². The minimum Gasteiger partial charge on any atom is -0.348 e. The third-order valence-corrected chi connectivity index (χ3v) is 5.45. The van der Waals surface area contributed by atoms with Crippen LogP contribution in [0.4, 0.5) is 0 Å². The molecule has 1 aromatic carbocycles. The van der Waals surface area contributed by atoms with E-state index >= 15 is 0 Å². The second-order valence-electron chi connectivity index (χ2n) is 5.43. The van der Waals surface area contributed by atoms with Crippen LogP contribution in [-0.4, -0.2) is 10.9 Å². The molecule has 3 rings (SSSR count). The molecule has 2 heterocycles. The zero-order valence-electron chi connectivity index (χ0n) is 13.6. The Labute approximate surface area is 149 Å². The van der Waals surface area contributed by atoms with Crippen molar-refractivity contribution >= 4 is 34.7 Å². The first-order chi connectivity index (χ1) is 11.6. The quantitative estimate of drug-likeness (QED) is 0.668. The highest BCUT2D eigenvalue weighted by atomic mass is 32.1. The lowest BCUT2D eigenvalue weighted by atomic mass is 10.1. The molecule has 1 amide bonds. The third kappa shape index (κ3) is 4.19. The molecule has 0 aliphatic rings. The summed E-state index contributed by atoms with van der Waals surface area (Å²) in [5, 5.41) is 6.05. The maximum atomic E-state index is 12.0. The Kier molecular flexibility index (Phi) is 5.23. The lowest BCUT2D eigenvalue weighted by Gasteiger charge is -2.00. The Morgan fingerprint density at radius 1 is 1.21 bits per heavy atom. The van der Waals surface area contributed by atoms with Gasteiger partial charge in [-0.3, -0.25) is 4.79 Å². The van der Waals surface area contributed by atoms with Crippen molar-refractivity contribution in [2.24, 2.45) is 0 Å². The molecule has 2 aromatic heterocycles. The minimum absolute atomic E-state index is 0.0855. The van der Waals surface area contributed by atoms with E-state index in [0.29, 0.717) is 6.54 Å². The third-order valence-electron chi connectivity index (χ3n) is 3.57. The van der Waals surface area contributed by atoms with Gasteiger partial charge in [0.2, 0.25) is 5.91 Å². The molecule has 0 aliphatic heterocycles. The van der Waals surface area contributed by atoms with Crippen LogP contribution >= 0.6 is 22.7 Å². The standard InChI is InChI=1S/C19H18N2OS2/c1-13-5-3-4-6-15(13)7-10-19(22)20-11-16-8-9-18(24-16)17-12-23-14(2)21-17/h3-10,12H,11H2,1-2H3,(H,20,22)/b10-7+. The average Bonchev–Trinajstić information content (AvgIpc) is 3.21. The second kappa shape index (κ2) is 7.55. The number of aryl methyl sites for hydroxylation is 2. The molecule has 0 saturated heterocycles. The first-order valence-corrected chi connectivity index (χ1v) is 9.34. The van der Waals surface area contributed by atoms with Crippen LogP contribution in [0.15, 0.2) is 47.9 Å². The number of nitrogens with one attached hydrogen (secondary N) is 1. The molecule has 0 bridgehead atoms. The number of carbonyl (C=O) groups excluding carboxylic acids is 1. The number of hydrogen-bond acceptors (Lipinski definition) is 4. The molecule has 1 N–H and O–H groups in total. The molecule has 0 unspecified atom stereocenters. The highest BCUT2D eigenvalue weighted by Gasteiger charge is 2.06. The molecule has 0 atom stereocenters. The molecule has 3 nitrogen and oxygen atoms in total. The van der Waals surface area contributed by atoms with E-state index in [1.54, 1.807) is 28.7 Å². The summed E-state index contributed by atoms with van der Waals surface area (Å²) in [5.41, 5.74) is 3.23. The van der Waals surface area contributed by atoms with Crippen molar-refractivity contribution in [1.82, 2.24) is 10.3 Å². The smallest absolute Gasteiger partial charge is 0.244 e. The van der Waals surface area contributed by atoms with Crippen LogP contribution in [0.3, 0.4) is 0 Å². The molecule has 0 saturated carbocycles. The fourth-order valence-corrected chi connectivity index (χ4v) is 3.86. The van der Waals surface area contributed by atoms with Gasteiger partial charge in [-0.2, -0.15) is 0 Å². The Bertz CT molecular complexity index is 877. The van der Waals surface area contributed by atoms with E-state index in [9.17, 15) is 4.79 Å². The van der Waals surface area contributed by atoms with Gasteiger partial charge in [0.25, 0.3) is 0 Å². The zero-order chi connectivity index (χ0) is 16.9. The number of thiazole rings is 1. The van der Waals surface area contributed by atoms with E-state index in [1.807, 2.05) is 50.3 Å². The fraction of sp³-hybridized carbons (Fsp3) is 0.158. The van der Waals surface area contributed by atoms with Gasteiger partial charge in [0.15, 0.2) is 0 Å². The summed E-state index contributed by atoms with van der Waals surface area (Å²) < 4.78 is 0. The van der Waals surface area contributed by atoms with Crippen LogP contribution in [0.25, 0.3) is 16.6 Å². The Morgan fingerprint density at radius 3 is 2.79 bits per heavy atom. The molecule has 5 heteroatoms. The van der Waals surface area contributed by atoms with Gasteiger partial charge >= 0.3 is 0 Å². The number of thiophene rings is 1. The van der Waals surface area contributed by atoms with Gasteiger partial charge in [-0.05, 0) is 43.2 Å². The molecule has 0 radical (unpaired) electrons. The summed E-state index contributed by atoms with van der Waals surface area (Å²) in [6, 6.07) is 12.1. The van der Waals surface area contributed by atoms with Gasteiger partial charge in [-0.15, -0.1) is 22.7 Å². The largest absolute Gasteiger partial charge is 0.348 e. The van der Waals surface area contributed by atoms with Crippen molar-refractivity contribution in [3.63, 3.8) is 0 Å². The van der Waals surface area contributed by atoms with E-state index in [2.05, 4.69) is 21.7 Å². The summed E-state index contributed by atoms with van der Waals surface area (Å²) >= 11 is 3.31. The van der Waals surface area contributed by atoms with Crippen LogP contribution < -0.4 is 5.32 Å². The molecule has 3 aromatic rings. The number of amides is 1. The second-order valence-corrected chi connectivity index (χ2v) is 7.66. The zero-order valence-corrected chi connectivity index (χ0v) is 15.2. The molecular weight excluding hydrogens is 336 g/mol. The van der Waals surface area contributed by atoms with Crippen LogP contribution in [0.1, 0.15) is 21.0 Å². The summed E-state index contributed by atoms with van der Waals surface area (Å²) in [6.45, 7) is 4.57. The Hall–Kier alpha value is -2.24. The monoisotopic (exact) mass is 354 g/mol. The van der Waals surface area contributed by atoms with Gasteiger partial charge in [0, 0.05) is 16.3 Å². The number of rotatable bonds is 5. The molecule has 0 aliphatic carbocycles. The Morgan fingerprint density at radius 2 is 2.04 bits per heavy atom. The normalized spacial score (nSPS) is 11.1. The highest BCUT2D eigenvalue weighted by molar-refractivity contribution is 7.16. The van der Waals surface area contributed by atoms with Crippen LogP contribution in [0.5, 0.6) is 0 Å². The van der Waals surface area contributed by atoms with Crippen molar-refractivity contribution < 1.29 is 4.79 Å². The lowest BCUT2D eigenvalue weighted by molar-refractivity contribution is -0.116. The fourth-order valence-electron chi connectivity index (χ4n) is 2.26. The summed E-state index contributed by atoms with van der Waals surface area (Å²) in [5.74, 6) is -0.0855. The predicted molar refractivity (Wildman–Crippen MR) is 102 cm³/mol. The maximum absolute atomic E-state index is 12.0. The molecule has 24 heavy (non-hydrogen) atoms. The van der Waals surface area contributed by atoms with Gasteiger partial charge in [-0.1, -0.05) is 24.3 Å². The van der Waals surface area contributed by atoms with E-state index in [0.717, 1.165) is 31.6 Å². The minimum atomic E-state index is -0.0855. The number of hydrogen-bond donors (Lipinski definition) is 1. The van der Waals surface area contributed by atoms with Crippen LogP contribution in [0.2, 0.25) is 0 Å². The lowest BCUT2D eigenvalue weighted by Crippen LogP contribution is -2.19. The Balaban J connectivity index is 1.57. The summed E-state index contributed by atoms with van der Waals surface area (Å²) in [6.07, 6.45) is 3.43. The van der Waals surface area contributed by atoms with Crippen LogP contribution in [-0.2, 0) is 11.3 Å². The average molecular weight is 355 g/mol. The van der Waals surface area contributed by atoms with Crippen molar-refractivity contribution in [2.45, 2.75) is 20.4 Å². The summed E-state index contributed by atoms with van der Waals surface area (Å²) in [7, 11) is 0. The number of benzene rings is 1. The van der Waals surface area contributed by atoms with Gasteiger partial charge in [0.1, 0.15) is 0 Å². The number of nitrogens with zero attached hydrogens (tertiary/aromatic N) is 1. The highest BCUT2D eigenvalue weighted by Crippen LogP contribution is 2.28. The topological polar surface area (TPSA) is 42.0 Å². The number of carbonyl (C=O) groups is 1. The van der Waals surface area contributed by atoms with E-state index < -0.39 is 0 Å². The van der Waals surface area contributed by atoms with Crippen molar-refractivity contribution in [1.29, 1.82) is 0 Å². The van der Waals surface area contributed by atoms with Crippen molar-refractivity contribution in [3.05, 3.63) is 68.9 Å². The van der Waals surface area contributed by atoms with Gasteiger partial charge < -0.3 is 5.32 Å². The van der Waals surface area contributed by atoms with E-state index in [-0.39, 0.29) is 5.91 Å². The SMILES string of the molecule is Cc1nc(-c2ccc(CNC(=O)/C=C/c3ccccc3C)s2)cs1. The molecule has 0 fully saturated rings. The maximum Gasteiger partial charge on any atom is 0.244 e. The summed E-state index contributed by atoms with van der Waals surface area (Å²) in [4.78, 5) is 18.7. The molecular formula is C19H18N2OS2. The van der Waals surface area contributed by atoms with Crippen molar-refractivity contribution in [3.8, 4) is 10.6 Å². The van der Waals surface area contributed by atoms with Gasteiger partial charge in [0.05, 0.1) is 22.1 Å². The van der Waals surface area contributed by atoms with E-state index in [4.69, 9.17) is 0 Å². The van der Waals surface area contributed by atoms with Crippen LogP contribution in [0, 0.1) is 13.8 Å². The molecule has 122 valence electrons. The van der Waals surface area contributed by atoms with E-state index in [1.165, 1.54) is 0 Å².